The molecule has 2 heterocycles. The van der Waals surface area contributed by atoms with Gasteiger partial charge in [-0.15, -0.1) is 0 Å². The van der Waals surface area contributed by atoms with E-state index in [1.165, 1.54) is 0 Å². The molecule has 1 aromatic rings. The molecule has 2 saturated heterocycles. The topological polar surface area (TPSA) is 77.1 Å². The van der Waals surface area contributed by atoms with Crippen LogP contribution in [0.15, 0.2) is 24.3 Å². The average molecular weight is 405 g/mol. The van der Waals surface area contributed by atoms with Crippen LogP contribution >= 0.6 is 0 Å². The van der Waals surface area contributed by atoms with Crippen LogP contribution in [0, 0.1) is 0 Å². The number of hydrogen-bond acceptors (Lipinski definition) is 5. The zero-order chi connectivity index (χ0) is 20.7. The molecule has 7 nitrogen and oxygen atoms in total. The quantitative estimate of drug-likeness (QED) is 0.737. The van der Waals surface area contributed by atoms with Crippen molar-refractivity contribution in [1.29, 1.82) is 0 Å². The second-order valence-electron chi connectivity index (χ2n) is 7.66. The number of urea groups is 1. The molecule has 3 rings (SSSR count). The third kappa shape index (κ3) is 5.70. The van der Waals surface area contributed by atoms with Gasteiger partial charge in [0.15, 0.2) is 0 Å². The van der Waals surface area contributed by atoms with E-state index in [-0.39, 0.29) is 23.7 Å². The Morgan fingerprint density at radius 2 is 1.90 bits per heavy atom. The maximum Gasteiger partial charge on any atom is 0.338 e. The number of carbonyl (C=O) groups excluding carboxylic acids is 2. The number of benzene rings is 1. The van der Waals surface area contributed by atoms with Gasteiger partial charge in [0.05, 0.1) is 23.9 Å². The number of nitrogens with one attached hydrogen (secondary N) is 1. The highest BCUT2D eigenvalue weighted by atomic mass is 16.5. The highest BCUT2D eigenvalue weighted by Gasteiger charge is 2.41. The molecule has 2 amide bonds. The van der Waals surface area contributed by atoms with Crippen LogP contribution in [0.1, 0.15) is 55.5 Å². The minimum absolute atomic E-state index is 0.0634. The number of carbonyl (C=O) groups is 2. The predicted molar refractivity (Wildman–Crippen MR) is 109 cm³/mol. The number of nitrogens with zero attached hydrogens (tertiary/aromatic N) is 1. The van der Waals surface area contributed by atoms with Gasteiger partial charge < -0.3 is 24.4 Å². The molecule has 0 saturated carbocycles. The molecule has 1 aromatic carbocycles. The summed E-state index contributed by atoms with van der Waals surface area (Å²) < 4.78 is 16.9. The van der Waals surface area contributed by atoms with Gasteiger partial charge in [-0.1, -0.05) is 12.1 Å². The maximum absolute atomic E-state index is 12.5. The smallest absolute Gasteiger partial charge is 0.338 e. The standard InChI is InChI=1S/C22H32N2O5/c1-3-27-19-9-14-29-22(15-19)10-12-24(13-11-22)21(26)23-16-17-5-7-18(8-6-17)20(25)28-4-2/h5-8,19H,3-4,9-16H2,1-2H3,(H,23,26). The lowest BCUT2D eigenvalue weighted by Crippen LogP contribution is -2.53. The summed E-state index contributed by atoms with van der Waals surface area (Å²) in [5.41, 5.74) is 1.31. The van der Waals surface area contributed by atoms with Gasteiger partial charge in [0.1, 0.15) is 0 Å². The van der Waals surface area contributed by atoms with Crippen molar-refractivity contribution in [3.63, 3.8) is 0 Å². The SMILES string of the molecule is CCOC(=O)c1ccc(CNC(=O)N2CCC3(CC2)CC(OCC)CCO3)cc1. The molecule has 0 aromatic heterocycles. The molecule has 29 heavy (non-hydrogen) atoms. The summed E-state index contributed by atoms with van der Waals surface area (Å²) >= 11 is 0. The van der Waals surface area contributed by atoms with E-state index in [9.17, 15) is 9.59 Å². The fraction of sp³-hybridized carbons (Fsp3) is 0.636. The van der Waals surface area contributed by atoms with E-state index < -0.39 is 0 Å². The van der Waals surface area contributed by atoms with E-state index in [1.54, 1.807) is 19.1 Å². The zero-order valence-corrected chi connectivity index (χ0v) is 17.4. The van der Waals surface area contributed by atoms with Crippen molar-refractivity contribution < 1.29 is 23.8 Å². The van der Waals surface area contributed by atoms with Crippen LogP contribution in [0.25, 0.3) is 0 Å². The minimum Gasteiger partial charge on any atom is -0.462 e. The fourth-order valence-electron chi connectivity index (χ4n) is 4.09. The van der Waals surface area contributed by atoms with E-state index in [2.05, 4.69) is 5.32 Å². The highest BCUT2D eigenvalue weighted by molar-refractivity contribution is 5.89. The monoisotopic (exact) mass is 404 g/mol. The second-order valence-corrected chi connectivity index (χ2v) is 7.66. The molecule has 2 aliphatic heterocycles. The lowest BCUT2D eigenvalue weighted by Gasteiger charge is -2.45. The van der Waals surface area contributed by atoms with Crippen molar-refractivity contribution in [3.05, 3.63) is 35.4 Å². The Morgan fingerprint density at radius 3 is 2.55 bits per heavy atom. The molecule has 7 heteroatoms. The summed E-state index contributed by atoms with van der Waals surface area (Å²) in [6, 6.07) is 7.05. The van der Waals surface area contributed by atoms with Gasteiger partial charge in [-0.3, -0.25) is 0 Å². The van der Waals surface area contributed by atoms with Crippen molar-refractivity contribution >= 4 is 12.0 Å². The Balaban J connectivity index is 1.44. The van der Waals surface area contributed by atoms with E-state index in [1.807, 2.05) is 24.0 Å². The summed E-state index contributed by atoms with van der Waals surface area (Å²) in [5.74, 6) is -0.332. The Hall–Kier alpha value is -2.12. The van der Waals surface area contributed by atoms with Gasteiger partial charge in [0, 0.05) is 39.3 Å². The molecule has 160 valence electrons. The summed E-state index contributed by atoms with van der Waals surface area (Å²) in [4.78, 5) is 26.1. The van der Waals surface area contributed by atoms with Gasteiger partial charge in [-0.2, -0.15) is 0 Å². The van der Waals surface area contributed by atoms with Crippen molar-refractivity contribution in [2.24, 2.45) is 0 Å². The Morgan fingerprint density at radius 1 is 1.17 bits per heavy atom. The molecule has 0 aliphatic carbocycles. The maximum atomic E-state index is 12.5. The van der Waals surface area contributed by atoms with Crippen LogP contribution in [-0.2, 0) is 20.8 Å². The predicted octanol–water partition coefficient (Wildman–Crippen LogP) is 3.12. The van der Waals surface area contributed by atoms with Gasteiger partial charge in [-0.05, 0) is 50.8 Å². The average Bonchev–Trinajstić information content (AvgIpc) is 2.73. The number of esters is 1. The summed E-state index contributed by atoms with van der Waals surface area (Å²) in [6.07, 6.45) is 3.83. The van der Waals surface area contributed by atoms with E-state index in [0.717, 1.165) is 44.5 Å². The molecule has 1 atom stereocenters. The summed E-state index contributed by atoms with van der Waals surface area (Å²) in [7, 11) is 0. The lowest BCUT2D eigenvalue weighted by molar-refractivity contribution is -0.150. The third-order valence-electron chi connectivity index (χ3n) is 5.72. The molecule has 2 aliphatic rings. The van der Waals surface area contributed by atoms with Crippen molar-refractivity contribution in [2.75, 3.05) is 32.9 Å². The van der Waals surface area contributed by atoms with Crippen LogP contribution in [0.4, 0.5) is 4.79 Å². The van der Waals surface area contributed by atoms with Crippen LogP contribution in [-0.4, -0.2) is 61.5 Å². The number of amides is 2. The number of ether oxygens (including phenoxy) is 3. The van der Waals surface area contributed by atoms with Crippen molar-refractivity contribution in [1.82, 2.24) is 10.2 Å². The Bertz CT molecular complexity index is 681. The first-order valence-corrected chi connectivity index (χ1v) is 10.6. The largest absolute Gasteiger partial charge is 0.462 e. The molecule has 2 fully saturated rings. The van der Waals surface area contributed by atoms with Crippen LogP contribution in [0.5, 0.6) is 0 Å². The van der Waals surface area contributed by atoms with Gasteiger partial charge in [0.25, 0.3) is 0 Å². The zero-order valence-electron chi connectivity index (χ0n) is 17.4. The van der Waals surface area contributed by atoms with Crippen LogP contribution < -0.4 is 5.32 Å². The van der Waals surface area contributed by atoms with Crippen molar-refractivity contribution in [3.8, 4) is 0 Å². The minimum atomic E-state index is -0.332. The normalized spacial score (nSPS) is 21.0. The number of likely N-dealkylation sites (tertiary alicyclic amines) is 1. The van der Waals surface area contributed by atoms with Crippen LogP contribution in [0.2, 0.25) is 0 Å². The first kappa shape index (κ1) is 21.6. The van der Waals surface area contributed by atoms with Gasteiger partial charge in [0.2, 0.25) is 0 Å². The second kappa shape index (κ2) is 10.1. The number of hydrogen-bond donors (Lipinski definition) is 1. The molecular formula is C22H32N2O5. The number of piperidine rings is 1. The lowest BCUT2D eigenvalue weighted by atomic mass is 9.83. The first-order chi connectivity index (χ1) is 14.0. The Kier molecular flexibility index (Phi) is 7.50. The third-order valence-corrected chi connectivity index (χ3v) is 5.72. The van der Waals surface area contributed by atoms with Crippen LogP contribution in [0.3, 0.4) is 0 Å². The van der Waals surface area contributed by atoms with Gasteiger partial charge >= 0.3 is 12.0 Å². The van der Waals surface area contributed by atoms with Crippen molar-refractivity contribution in [2.45, 2.75) is 57.8 Å². The molecule has 1 N–H and O–H groups in total. The fourth-order valence-corrected chi connectivity index (χ4v) is 4.09. The molecule has 0 radical (unpaired) electrons. The van der Waals surface area contributed by atoms with E-state index >= 15 is 0 Å². The summed E-state index contributed by atoms with van der Waals surface area (Å²) in [5, 5.41) is 2.97. The number of rotatable bonds is 6. The first-order valence-electron chi connectivity index (χ1n) is 10.6. The summed E-state index contributed by atoms with van der Waals surface area (Å²) in [6.45, 7) is 7.42. The van der Waals surface area contributed by atoms with Gasteiger partial charge in [-0.25, -0.2) is 9.59 Å². The highest BCUT2D eigenvalue weighted by Crippen LogP contribution is 2.36. The molecular weight excluding hydrogens is 372 g/mol. The molecule has 1 spiro atoms. The molecule has 0 bridgehead atoms. The van der Waals surface area contributed by atoms with E-state index in [0.29, 0.717) is 31.8 Å². The van der Waals surface area contributed by atoms with E-state index in [4.69, 9.17) is 14.2 Å². The Labute approximate surface area is 172 Å². The molecule has 1 unspecified atom stereocenters.